The number of rotatable bonds is 50. The van der Waals surface area contributed by atoms with Crippen molar-refractivity contribution in [2.24, 2.45) is 0 Å². The zero-order valence-electron chi connectivity index (χ0n) is 40.9. The summed E-state index contributed by atoms with van der Waals surface area (Å²) in [5, 5.41) is 23.1. The highest BCUT2D eigenvalue weighted by molar-refractivity contribution is 5.76. The monoisotopic (exact) mass is 860 g/mol. The van der Waals surface area contributed by atoms with Gasteiger partial charge in [-0.2, -0.15) is 0 Å². The largest absolute Gasteiger partial charge is 0.466 e. The van der Waals surface area contributed by atoms with Crippen LogP contribution in [0.4, 0.5) is 0 Å². The quantitative estimate of drug-likeness (QED) is 0.0322. The molecule has 3 N–H and O–H groups in total. The van der Waals surface area contributed by atoms with E-state index in [2.05, 4.69) is 43.5 Å². The lowest BCUT2D eigenvalue weighted by atomic mass is 10.0. The molecule has 0 fully saturated rings. The molecule has 0 aromatic carbocycles. The molecule has 0 saturated carbocycles. The number of hydrogen-bond acceptors (Lipinski definition) is 5. The highest BCUT2D eigenvalue weighted by atomic mass is 16.5. The minimum atomic E-state index is -0.666. The summed E-state index contributed by atoms with van der Waals surface area (Å²) in [7, 11) is 0. The van der Waals surface area contributed by atoms with Gasteiger partial charge >= 0.3 is 5.97 Å². The van der Waals surface area contributed by atoms with E-state index in [4.69, 9.17) is 4.74 Å². The van der Waals surface area contributed by atoms with Crippen molar-refractivity contribution < 1.29 is 24.5 Å². The fraction of sp³-hybridized carbons (Fsp3) is 0.891. The van der Waals surface area contributed by atoms with Crippen molar-refractivity contribution in [2.75, 3.05) is 13.2 Å². The molecule has 1 amide bonds. The number of carbonyl (C=O) groups is 2. The summed E-state index contributed by atoms with van der Waals surface area (Å²) in [5.74, 6) is -0.0445. The van der Waals surface area contributed by atoms with Crippen LogP contribution >= 0.6 is 0 Å². The summed E-state index contributed by atoms with van der Waals surface area (Å²) in [4.78, 5) is 24.4. The lowest BCUT2D eigenvalue weighted by molar-refractivity contribution is -0.143. The Labute approximate surface area is 380 Å². The summed E-state index contributed by atoms with van der Waals surface area (Å²) < 4.78 is 5.45. The van der Waals surface area contributed by atoms with Crippen molar-refractivity contribution in [1.29, 1.82) is 0 Å². The zero-order valence-corrected chi connectivity index (χ0v) is 40.9. The minimum Gasteiger partial charge on any atom is -0.466 e. The first-order chi connectivity index (χ1) is 30.0. The Bertz CT molecular complexity index is 951. The standard InChI is InChI=1S/C55H105NO5/c1-3-5-7-9-11-13-27-31-35-39-43-47-53(58)52(51-57)56-54(59)48-44-40-36-32-29-25-23-21-19-17-15-16-18-20-22-24-26-30-34-38-42-46-50-61-55(60)49-45-41-37-33-28-14-12-10-8-6-4-2/h10,12,17,19,52-53,57-58H,3-9,11,13-16,18,20-51H2,1-2H3,(H,56,59)/b12-10-,19-17-. The van der Waals surface area contributed by atoms with E-state index in [1.54, 1.807) is 0 Å². The SMILES string of the molecule is CCCC/C=C\CCCCCCCC(=O)OCCCCCCCCCCCCC/C=C\CCCCCCCCCC(=O)NC(CO)C(O)CCCCCCCCCCCCC. The number of esters is 1. The van der Waals surface area contributed by atoms with Crippen molar-refractivity contribution in [3.05, 3.63) is 24.3 Å². The fourth-order valence-corrected chi connectivity index (χ4v) is 8.26. The van der Waals surface area contributed by atoms with Gasteiger partial charge in [0, 0.05) is 12.8 Å². The molecular weight excluding hydrogens is 755 g/mol. The molecule has 0 rings (SSSR count). The summed E-state index contributed by atoms with van der Waals surface area (Å²) in [6, 6.07) is -0.544. The van der Waals surface area contributed by atoms with E-state index in [0.29, 0.717) is 25.9 Å². The molecule has 0 aliphatic heterocycles. The lowest BCUT2D eigenvalue weighted by Gasteiger charge is -2.22. The predicted molar refractivity (Wildman–Crippen MR) is 264 cm³/mol. The van der Waals surface area contributed by atoms with Gasteiger partial charge in [-0.25, -0.2) is 0 Å². The molecule has 360 valence electrons. The van der Waals surface area contributed by atoms with E-state index >= 15 is 0 Å². The fourth-order valence-electron chi connectivity index (χ4n) is 8.26. The Morgan fingerprint density at radius 2 is 0.787 bits per heavy atom. The predicted octanol–water partition coefficient (Wildman–Crippen LogP) is 16.3. The smallest absolute Gasteiger partial charge is 0.305 e. The maximum absolute atomic E-state index is 12.4. The Balaban J connectivity index is 3.41. The van der Waals surface area contributed by atoms with Crippen LogP contribution in [0.2, 0.25) is 0 Å². The van der Waals surface area contributed by atoms with Crippen molar-refractivity contribution in [2.45, 2.75) is 302 Å². The second kappa shape index (κ2) is 51.0. The van der Waals surface area contributed by atoms with Crippen LogP contribution in [0.15, 0.2) is 24.3 Å². The number of allylic oxidation sites excluding steroid dienone is 4. The second-order valence-electron chi connectivity index (χ2n) is 18.6. The Kier molecular flexibility index (Phi) is 49.6. The van der Waals surface area contributed by atoms with E-state index in [1.807, 2.05) is 0 Å². The van der Waals surface area contributed by atoms with Crippen LogP contribution in [0, 0.1) is 0 Å². The average molecular weight is 860 g/mol. The van der Waals surface area contributed by atoms with Gasteiger partial charge in [-0.15, -0.1) is 0 Å². The number of nitrogens with one attached hydrogen (secondary N) is 1. The Hall–Kier alpha value is -1.66. The van der Waals surface area contributed by atoms with Crippen molar-refractivity contribution in [1.82, 2.24) is 5.32 Å². The first kappa shape index (κ1) is 59.3. The maximum Gasteiger partial charge on any atom is 0.305 e. The Morgan fingerprint density at radius 3 is 1.21 bits per heavy atom. The third-order valence-electron chi connectivity index (χ3n) is 12.5. The molecule has 6 nitrogen and oxygen atoms in total. The number of aliphatic hydroxyl groups is 2. The van der Waals surface area contributed by atoms with Crippen LogP contribution < -0.4 is 5.32 Å². The molecule has 0 aliphatic carbocycles. The average Bonchev–Trinajstić information content (AvgIpc) is 3.26. The number of aliphatic hydroxyl groups excluding tert-OH is 2. The van der Waals surface area contributed by atoms with Crippen LogP contribution in [-0.4, -0.2) is 47.4 Å². The van der Waals surface area contributed by atoms with Crippen molar-refractivity contribution in [3.8, 4) is 0 Å². The summed E-state index contributed by atoms with van der Waals surface area (Å²) in [5.41, 5.74) is 0. The van der Waals surface area contributed by atoms with Crippen molar-refractivity contribution in [3.63, 3.8) is 0 Å². The second-order valence-corrected chi connectivity index (χ2v) is 18.6. The highest BCUT2D eigenvalue weighted by Gasteiger charge is 2.20. The van der Waals surface area contributed by atoms with E-state index in [0.717, 1.165) is 44.9 Å². The van der Waals surface area contributed by atoms with Crippen LogP contribution in [0.25, 0.3) is 0 Å². The maximum atomic E-state index is 12.4. The van der Waals surface area contributed by atoms with Gasteiger partial charge < -0.3 is 20.3 Å². The zero-order chi connectivity index (χ0) is 44.4. The summed E-state index contributed by atoms with van der Waals surface area (Å²) in [6.45, 7) is 4.90. The number of carbonyl (C=O) groups excluding carboxylic acids is 2. The Morgan fingerprint density at radius 1 is 0.443 bits per heavy atom. The van der Waals surface area contributed by atoms with Gasteiger partial charge in [-0.05, 0) is 70.6 Å². The highest BCUT2D eigenvalue weighted by Crippen LogP contribution is 2.16. The topological polar surface area (TPSA) is 95.9 Å². The van der Waals surface area contributed by atoms with Gasteiger partial charge in [0.25, 0.3) is 0 Å². The third kappa shape index (κ3) is 47.7. The van der Waals surface area contributed by atoms with E-state index in [-0.39, 0.29) is 18.5 Å². The van der Waals surface area contributed by atoms with Crippen LogP contribution in [0.1, 0.15) is 290 Å². The third-order valence-corrected chi connectivity index (χ3v) is 12.5. The van der Waals surface area contributed by atoms with Crippen LogP contribution in [0.3, 0.4) is 0 Å². The molecule has 0 aromatic heterocycles. The van der Waals surface area contributed by atoms with E-state index in [9.17, 15) is 19.8 Å². The molecule has 0 heterocycles. The van der Waals surface area contributed by atoms with Gasteiger partial charge in [-0.3, -0.25) is 9.59 Å². The van der Waals surface area contributed by atoms with Gasteiger partial charge in [0.05, 0.1) is 25.4 Å². The van der Waals surface area contributed by atoms with Crippen LogP contribution in [-0.2, 0) is 14.3 Å². The molecule has 2 atom stereocenters. The van der Waals surface area contributed by atoms with Crippen molar-refractivity contribution >= 4 is 11.9 Å². The first-order valence-corrected chi connectivity index (χ1v) is 27.1. The number of ether oxygens (including phenoxy) is 1. The van der Waals surface area contributed by atoms with Gasteiger partial charge in [0.1, 0.15) is 0 Å². The number of unbranched alkanes of at least 4 members (excludes halogenated alkanes) is 35. The summed E-state index contributed by atoms with van der Waals surface area (Å²) >= 11 is 0. The van der Waals surface area contributed by atoms with Gasteiger partial charge in [0.2, 0.25) is 5.91 Å². The first-order valence-electron chi connectivity index (χ1n) is 27.1. The van der Waals surface area contributed by atoms with E-state index < -0.39 is 12.1 Å². The van der Waals surface area contributed by atoms with Gasteiger partial charge in [-0.1, -0.05) is 231 Å². The molecule has 0 aliphatic rings. The molecule has 6 heteroatoms. The lowest BCUT2D eigenvalue weighted by Crippen LogP contribution is -2.45. The molecular formula is C55H105NO5. The minimum absolute atomic E-state index is 0.00144. The van der Waals surface area contributed by atoms with Crippen LogP contribution in [0.5, 0.6) is 0 Å². The molecule has 0 saturated heterocycles. The molecule has 0 radical (unpaired) electrons. The molecule has 2 unspecified atom stereocenters. The summed E-state index contributed by atoms with van der Waals surface area (Å²) in [6.07, 6.45) is 60.2. The molecule has 0 bridgehead atoms. The normalized spacial score (nSPS) is 12.8. The number of amides is 1. The molecule has 0 aromatic rings. The van der Waals surface area contributed by atoms with Gasteiger partial charge in [0.15, 0.2) is 0 Å². The molecule has 0 spiro atoms. The molecule has 61 heavy (non-hydrogen) atoms. The number of hydrogen-bond donors (Lipinski definition) is 3. The van der Waals surface area contributed by atoms with E-state index in [1.165, 1.54) is 212 Å².